The first-order valence-electron chi connectivity index (χ1n) is 20.2. The molecular formula is C52H54N4. The monoisotopic (exact) mass is 734 g/mol. The minimum Gasteiger partial charge on any atom is -0.338 e. The van der Waals surface area contributed by atoms with Crippen LogP contribution in [0.15, 0.2) is 146 Å². The second-order valence-electron chi connectivity index (χ2n) is 16.2. The van der Waals surface area contributed by atoms with Gasteiger partial charge in [-0.1, -0.05) is 149 Å². The van der Waals surface area contributed by atoms with Crippen molar-refractivity contribution in [2.24, 2.45) is 0 Å². The Labute approximate surface area is 333 Å². The Balaban J connectivity index is 1.45. The van der Waals surface area contributed by atoms with Crippen LogP contribution < -0.4 is 4.90 Å². The molecule has 1 unspecified atom stereocenters. The first-order valence-corrected chi connectivity index (χ1v) is 20.2. The Morgan fingerprint density at radius 3 is 1.80 bits per heavy atom. The molecule has 0 bridgehead atoms. The summed E-state index contributed by atoms with van der Waals surface area (Å²) in [7, 11) is 0. The molecule has 4 heteroatoms. The third-order valence-electron chi connectivity index (χ3n) is 12.1. The van der Waals surface area contributed by atoms with Crippen LogP contribution in [0.25, 0.3) is 28.1 Å². The van der Waals surface area contributed by atoms with Gasteiger partial charge in [0.15, 0.2) is 0 Å². The minimum atomic E-state index is -0.691. The lowest BCUT2D eigenvalue weighted by molar-refractivity contribution is 0.192. The van der Waals surface area contributed by atoms with E-state index in [1.807, 2.05) is 0 Å². The van der Waals surface area contributed by atoms with E-state index in [0.717, 1.165) is 22.4 Å². The first-order chi connectivity index (χ1) is 27.0. The minimum absolute atomic E-state index is 0.00578. The maximum Gasteiger partial charge on any atom is 0.146 e. The van der Waals surface area contributed by atoms with Crippen molar-refractivity contribution in [1.82, 2.24) is 14.5 Å². The summed E-state index contributed by atoms with van der Waals surface area (Å²) < 4.78 is 2.46. The summed E-state index contributed by atoms with van der Waals surface area (Å²) in [4.78, 5) is 10.6. The topological polar surface area (TPSA) is 24.3 Å². The van der Waals surface area contributed by atoms with E-state index in [2.05, 4.69) is 223 Å². The van der Waals surface area contributed by atoms with E-state index < -0.39 is 5.54 Å². The Kier molecular flexibility index (Phi) is 9.70. The molecule has 0 fully saturated rings. The van der Waals surface area contributed by atoms with Crippen molar-refractivity contribution in [3.05, 3.63) is 196 Å². The van der Waals surface area contributed by atoms with E-state index in [9.17, 15) is 0 Å². The summed E-state index contributed by atoms with van der Waals surface area (Å²) in [5.41, 5.74) is 16.4. The molecule has 0 radical (unpaired) electrons. The molecule has 8 rings (SSSR count). The van der Waals surface area contributed by atoms with Gasteiger partial charge in [-0.2, -0.15) is 0 Å². The molecule has 7 aromatic rings. The van der Waals surface area contributed by atoms with E-state index >= 15 is 0 Å². The summed E-state index contributed by atoms with van der Waals surface area (Å²) in [6.45, 7) is 20.6. The predicted octanol–water partition coefficient (Wildman–Crippen LogP) is 13.1. The second kappa shape index (κ2) is 14.7. The molecule has 0 N–H and O–H groups in total. The molecule has 4 nitrogen and oxygen atoms in total. The van der Waals surface area contributed by atoms with Gasteiger partial charge in [-0.05, 0) is 109 Å². The second-order valence-corrected chi connectivity index (χ2v) is 16.2. The SMILES string of the molecule is Cc1ccccc1C(c1ccccc1)(c1cccc(-c2nc3ccccc3n2-c2c(C(C)C)cccc2C(C)C)c1C)N1C=CN(c2c(C)cccc2C)[C@@H]1C. The van der Waals surface area contributed by atoms with Crippen LogP contribution in [0.2, 0.25) is 0 Å². The highest BCUT2D eigenvalue weighted by Crippen LogP contribution is 2.50. The van der Waals surface area contributed by atoms with Crippen LogP contribution in [0.1, 0.15) is 96.5 Å². The summed E-state index contributed by atoms with van der Waals surface area (Å²) in [5, 5.41) is 0. The highest BCUT2D eigenvalue weighted by Gasteiger charge is 2.48. The molecule has 2 heterocycles. The fourth-order valence-corrected chi connectivity index (χ4v) is 9.41. The molecule has 56 heavy (non-hydrogen) atoms. The number of aromatic nitrogens is 2. The maximum atomic E-state index is 5.52. The highest BCUT2D eigenvalue weighted by atomic mass is 15.4. The van der Waals surface area contributed by atoms with Crippen LogP contribution >= 0.6 is 0 Å². The van der Waals surface area contributed by atoms with Crippen molar-refractivity contribution >= 4 is 16.7 Å². The summed E-state index contributed by atoms with van der Waals surface area (Å²) in [5.74, 6) is 1.63. The molecule has 0 saturated carbocycles. The Morgan fingerprint density at radius 2 is 1.12 bits per heavy atom. The fraction of sp³-hybridized carbons (Fsp3) is 0.250. The van der Waals surface area contributed by atoms with Crippen molar-refractivity contribution < 1.29 is 0 Å². The number of anilines is 1. The average Bonchev–Trinajstić information content (AvgIpc) is 3.77. The third-order valence-corrected chi connectivity index (χ3v) is 12.1. The molecular weight excluding hydrogens is 681 g/mol. The smallest absolute Gasteiger partial charge is 0.146 e. The van der Waals surface area contributed by atoms with Gasteiger partial charge in [0.1, 0.15) is 17.5 Å². The summed E-state index contributed by atoms with van der Waals surface area (Å²) >= 11 is 0. The summed E-state index contributed by atoms with van der Waals surface area (Å²) in [6, 6.07) is 49.0. The molecule has 1 aliphatic rings. The van der Waals surface area contributed by atoms with Gasteiger partial charge in [-0.3, -0.25) is 4.57 Å². The normalized spacial score (nSPS) is 15.4. The quantitative estimate of drug-likeness (QED) is 0.138. The zero-order valence-corrected chi connectivity index (χ0v) is 34.4. The number of imidazole rings is 1. The van der Waals surface area contributed by atoms with Gasteiger partial charge in [0.25, 0.3) is 0 Å². The molecule has 0 spiro atoms. The van der Waals surface area contributed by atoms with Crippen LogP contribution in [-0.2, 0) is 5.54 Å². The van der Waals surface area contributed by atoms with Crippen LogP contribution in [0.3, 0.4) is 0 Å². The number of benzene rings is 6. The van der Waals surface area contributed by atoms with Crippen LogP contribution in [0, 0.1) is 27.7 Å². The number of para-hydroxylation sites is 4. The van der Waals surface area contributed by atoms with Crippen LogP contribution in [0.5, 0.6) is 0 Å². The third kappa shape index (κ3) is 5.85. The van der Waals surface area contributed by atoms with E-state index in [0.29, 0.717) is 11.8 Å². The zero-order valence-electron chi connectivity index (χ0n) is 34.4. The number of hydrogen-bond acceptors (Lipinski definition) is 3. The Morgan fingerprint density at radius 1 is 0.554 bits per heavy atom. The van der Waals surface area contributed by atoms with Gasteiger partial charge < -0.3 is 9.80 Å². The van der Waals surface area contributed by atoms with Crippen LogP contribution in [0.4, 0.5) is 5.69 Å². The lowest BCUT2D eigenvalue weighted by atomic mass is 9.72. The van der Waals surface area contributed by atoms with Gasteiger partial charge in [0.05, 0.1) is 16.7 Å². The van der Waals surface area contributed by atoms with Gasteiger partial charge in [-0.15, -0.1) is 0 Å². The lowest BCUT2D eigenvalue weighted by Crippen LogP contribution is -2.52. The number of nitrogens with zero attached hydrogens (tertiary/aromatic N) is 4. The largest absolute Gasteiger partial charge is 0.338 e. The first kappa shape index (κ1) is 37.1. The lowest BCUT2D eigenvalue weighted by Gasteiger charge is -2.48. The van der Waals surface area contributed by atoms with Gasteiger partial charge in [-0.25, -0.2) is 4.98 Å². The fourth-order valence-electron chi connectivity index (χ4n) is 9.41. The molecule has 282 valence electrons. The zero-order chi connectivity index (χ0) is 39.3. The van der Waals surface area contributed by atoms with Crippen molar-refractivity contribution in [2.45, 2.75) is 85.9 Å². The molecule has 1 aliphatic heterocycles. The van der Waals surface area contributed by atoms with Crippen molar-refractivity contribution in [3.63, 3.8) is 0 Å². The predicted molar refractivity (Wildman–Crippen MR) is 236 cm³/mol. The van der Waals surface area contributed by atoms with Crippen molar-refractivity contribution in [3.8, 4) is 17.1 Å². The number of rotatable bonds is 9. The molecule has 1 aromatic heterocycles. The molecule has 0 saturated heterocycles. The molecule has 0 amide bonds. The van der Waals surface area contributed by atoms with Gasteiger partial charge in [0, 0.05) is 23.7 Å². The van der Waals surface area contributed by atoms with Gasteiger partial charge in [0.2, 0.25) is 0 Å². The van der Waals surface area contributed by atoms with E-state index in [1.165, 1.54) is 61.4 Å². The molecule has 0 aliphatic carbocycles. The van der Waals surface area contributed by atoms with Crippen molar-refractivity contribution in [1.29, 1.82) is 0 Å². The highest BCUT2D eigenvalue weighted by molar-refractivity contribution is 5.85. The summed E-state index contributed by atoms with van der Waals surface area (Å²) in [6.07, 6.45) is 4.60. The number of fused-ring (bicyclic) bond motifs is 1. The van der Waals surface area contributed by atoms with Gasteiger partial charge >= 0.3 is 0 Å². The number of aryl methyl sites for hydroxylation is 3. The van der Waals surface area contributed by atoms with E-state index in [4.69, 9.17) is 4.98 Å². The van der Waals surface area contributed by atoms with Crippen molar-refractivity contribution in [2.75, 3.05) is 4.90 Å². The average molecular weight is 735 g/mol. The molecule has 6 aromatic carbocycles. The maximum absolute atomic E-state index is 5.52. The Hall–Kier alpha value is -5.87. The Bertz CT molecular complexity index is 2530. The van der Waals surface area contributed by atoms with Crippen LogP contribution in [-0.4, -0.2) is 20.6 Å². The number of hydrogen-bond donors (Lipinski definition) is 0. The van der Waals surface area contributed by atoms with E-state index in [1.54, 1.807) is 0 Å². The van der Waals surface area contributed by atoms with E-state index in [-0.39, 0.29) is 6.17 Å². The molecule has 2 atom stereocenters. The standard InChI is InChI=1S/C52H54N4/c1-34(2)42-25-18-26-43(35(3)4)50(42)56-48-31-16-15-30-47(48)53-51(56)44-27-19-29-46(39(44)8)52(41-23-11-10-12-24-41,45-28-14-13-20-36(45)5)55-33-32-54(40(55)9)49-37(6)21-17-22-38(49)7/h10-35,40H,1-9H3/t40-,52?/m0/s1.